The lowest BCUT2D eigenvalue weighted by Crippen LogP contribution is -2.14. The zero-order valence-electron chi connectivity index (χ0n) is 20.9. The van der Waals surface area contributed by atoms with Crippen molar-refractivity contribution < 1.29 is 9.53 Å². The summed E-state index contributed by atoms with van der Waals surface area (Å²) in [6.45, 7) is 4.80. The number of benzene rings is 3. The first-order valence-corrected chi connectivity index (χ1v) is 13.8. The van der Waals surface area contributed by atoms with Gasteiger partial charge < -0.3 is 14.6 Å². The number of hydrogen-bond acceptors (Lipinski definition) is 7. The van der Waals surface area contributed by atoms with Crippen molar-refractivity contribution in [2.24, 2.45) is 0 Å². The van der Waals surface area contributed by atoms with E-state index in [2.05, 4.69) is 68.4 Å². The lowest BCUT2D eigenvalue weighted by Gasteiger charge is -2.09. The number of carbonyl (C=O) groups is 1. The number of ether oxygens (including phenoxy) is 1. The van der Waals surface area contributed by atoms with Gasteiger partial charge in [-0.1, -0.05) is 54.2 Å². The highest BCUT2D eigenvalue weighted by Gasteiger charge is 2.16. The van der Waals surface area contributed by atoms with Crippen molar-refractivity contribution in [3.05, 3.63) is 83.0 Å². The molecule has 0 fully saturated rings. The van der Waals surface area contributed by atoms with Crippen molar-refractivity contribution in [3.63, 3.8) is 0 Å². The molecule has 2 heterocycles. The molecule has 5 rings (SSSR count). The van der Waals surface area contributed by atoms with Gasteiger partial charge in [-0.3, -0.25) is 4.79 Å². The molecule has 0 saturated carbocycles. The van der Waals surface area contributed by atoms with Crippen LogP contribution in [0.4, 0.5) is 5.13 Å². The Labute approximate surface area is 223 Å². The van der Waals surface area contributed by atoms with Crippen LogP contribution in [0.15, 0.2) is 71.9 Å². The molecular weight excluding hydrogens is 502 g/mol. The first-order valence-electron chi connectivity index (χ1n) is 12.0. The Bertz CT molecular complexity index is 1540. The Morgan fingerprint density at radius 2 is 1.84 bits per heavy atom. The van der Waals surface area contributed by atoms with E-state index in [-0.39, 0.29) is 11.7 Å². The molecule has 188 valence electrons. The summed E-state index contributed by atoms with van der Waals surface area (Å²) in [6.07, 6.45) is 0.682. The molecule has 0 radical (unpaired) electrons. The van der Waals surface area contributed by atoms with Gasteiger partial charge in [0.15, 0.2) is 10.3 Å². The zero-order valence-corrected chi connectivity index (χ0v) is 22.5. The second-order valence-corrected chi connectivity index (χ2v) is 10.6. The normalized spacial score (nSPS) is 11.1. The van der Waals surface area contributed by atoms with Gasteiger partial charge >= 0.3 is 0 Å². The van der Waals surface area contributed by atoms with E-state index in [1.165, 1.54) is 39.4 Å². The molecule has 0 aliphatic carbocycles. The van der Waals surface area contributed by atoms with Crippen LogP contribution < -0.4 is 10.1 Å². The van der Waals surface area contributed by atoms with Gasteiger partial charge in [0.05, 0.1) is 18.6 Å². The topological polar surface area (TPSA) is 81.9 Å². The van der Waals surface area contributed by atoms with E-state index in [1.54, 1.807) is 7.11 Å². The smallest absolute Gasteiger partial charge is 0.236 e. The second kappa shape index (κ2) is 11.1. The summed E-state index contributed by atoms with van der Waals surface area (Å²) >= 11 is 2.85. The van der Waals surface area contributed by atoms with E-state index in [4.69, 9.17) is 4.74 Å². The number of nitrogens with one attached hydrogen (secondary N) is 1. The number of nitrogens with zero attached hydrogens (tertiary/aromatic N) is 4. The fourth-order valence-electron chi connectivity index (χ4n) is 4.24. The molecule has 0 spiro atoms. The van der Waals surface area contributed by atoms with Gasteiger partial charge in [-0.15, -0.1) is 21.5 Å². The van der Waals surface area contributed by atoms with E-state index in [9.17, 15) is 4.79 Å². The van der Waals surface area contributed by atoms with E-state index in [1.807, 2.05) is 37.3 Å². The molecule has 9 heteroatoms. The van der Waals surface area contributed by atoms with Gasteiger partial charge in [0.1, 0.15) is 11.6 Å². The van der Waals surface area contributed by atoms with Crippen LogP contribution in [0.2, 0.25) is 0 Å². The van der Waals surface area contributed by atoms with Crippen molar-refractivity contribution in [3.8, 4) is 17.0 Å². The molecule has 0 unspecified atom stereocenters. The van der Waals surface area contributed by atoms with E-state index in [0.29, 0.717) is 11.6 Å². The average Bonchev–Trinajstić information content (AvgIpc) is 3.49. The van der Waals surface area contributed by atoms with E-state index >= 15 is 0 Å². The monoisotopic (exact) mass is 529 g/mol. The number of aromatic nitrogens is 4. The lowest BCUT2D eigenvalue weighted by molar-refractivity contribution is -0.113. The molecule has 2 aromatic heterocycles. The second-order valence-electron chi connectivity index (χ2n) is 8.45. The van der Waals surface area contributed by atoms with E-state index < -0.39 is 0 Å². The minimum absolute atomic E-state index is 0.124. The van der Waals surface area contributed by atoms with Crippen LogP contribution >= 0.6 is 23.1 Å². The van der Waals surface area contributed by atoms with Crippen LogP contribution in [-0.2, 0) is 17.8 Å². The molecule has 0 aliphatic rings. The molecule has 0 saturated heterocycles. The number of aryl methyl sites for hydroxylation is 1. The predicted molar refractivity (Wildman–Crippen MR) is 151 cm³/mol. The van der Waals surface area contributed by atoms with Crippen molar-refractivity contribution >= 4 is 44.9 Å². The molecule has 5 aromatic rings. The minimum atomic E-state index is -0.124. The van der Waals surface area contributed by atoms with Crippen LogP contribution in [0.25, 0.3) is 22.0 Å². The maximum Gasteiger partial charge on any atom is 0.236 e. The van der Waals surface area contributed by atoms with Crippen LogP contribution in [0.3, 0.4) is 0 Å². The predicted octanol–water partition coefficient (Wildman–Crippen LogP) is 6.21. The third-order valence-corrected chi connectivity index (χ3v) is 7.93. The van der Waals surface area contributed by atoms with Gasteiger partial charge in [0.2, 0.25) is 5.91 Å². The standard InChI is InChI=1S/C28H27N5O2S2/c1-4-33-24(16-21-10-7-9-19-8-5-6-11-23(19)21)31-32-28(33)36-17-25(34)29-27-30-26(18(2)37-27)20-12-14-22(35-3)15-13-20/h5-15H,4,16-17H2,1-3H3,(H,29,30,34). The molecular formula is C28H27N5O2S2. The highest BCUT2D eigenvalue weighted by atomic mass is 32.2. The van der Waals surface area contributed by atoms with Gasteiger partial charge in [-0.05, 0) is 54.4 Å². The molecule has 1 amide bonds. The number of hydrogen-bond donors (Lipinski definition) is 1. The Hall–Kier alpha value is -3.69. The molecule has 1 N–H and O–H groups in total. The largest absolute Gasteiger partial charge is 0.497 e. The lowest BCUT2D eigenvalue weighted by atomic mass is 10.0. The van der Waals surface area contributed by atoms with E-state index in [0.717, 1.165) is 39.4 Å². The number of methoxy groups -OCH3 is 1. The Morgan fingerprint density at radius 3 is 2.62 bits per heavy atom. The fraction of sp³-hybridized carbons (Fsp3) is 0.214. The molecule has 37 heavy (non-hydrogen) atoms. The first-order chi connectivity index (χ1) is 18.1. The van der Waals surface area contributed by atoms with Crippen LogP contribution in [0, 0.1) is 6.92 Å². The number of thiazole rings is 1. The number of anilines is 1. The highest BCUT2D eigenvalue weighted by molar-refractivity contribution is 7.99. The molecule has 0 aliphatic heterocycles. The first kappa shape index (κ1) is 25.0. The van der Waals surface area contributed by atoms with Gasteiger partial charge in [-0.25, -0.2) is 4.98 Å². The summed E-state index contributed by atoms with van der Waals surface area (Å²) in [4.78, 5) is 18.4. The molecule has 0 atom stereocenters. The van der Waals surface area contributed by atoms with Crippen molar-refractivity contribution in [2.45, 2.75) is 32.0 Å². The van der Waals surface area contributed by atoms with Crippen LogP contribution in [0.5, 0.6) is 5.75 Å². The summed E-state index contributed by atoms with van der Waals surface area (Å²) in [6, 6.07) is 22.4. The summed E-state index contributed by atoms with van der Waals surface area (Å²) in [5, 5.41) is 15.5. The Balaban J connectivity index is 1.24. The Kier molecular flexibility index (Phi) is 7.52. The van der Waals surface area contributed by atoms with Crippen LogP contribution in [-0.4, -0.2) is 38.5 Å². The van der Waals surface area contributed by atoms with Gasteiger partial charge in [0, 0.05) is 23.4 Å². The number of thioether (sulfide) groups is 1. The molecule has 3 aromatic carbocycles. The highest BCUT2D eigenvalue weighted by Crippen LogP contribution is 2.31. The quantitative estimate of drug-likeness (QED) is 0.229. The number of carbonyl (C=O) groups excluding carboxylic acids is 1. The summed E-state index contributed by atoms with van der Waals surface area (Å²) in [7, 11) is 1.64. The molecule has 7 nitrogen and oxygen atoms in total. The third-order valence-electron chi connectivity index (χ3n) is 6.08. The average molecular weight is 530 g/mol. The van der Waals surface area contributed by atoms with Crippen LogP contribution in [0.1, 0.15) is 23.2 Å². The number of amides is 1. The molecule has 0 bridgehead atoms. The summed E-state index contributed by atoms with van der Waals surface area (Å²) in [5.74, 6) is 1.79. The summed E-state index contributed by atoms with van der Waals surface area (Å²) < 4.78 is 7.31. The minimum Gasteiger partial charge on any atom is -0.497 e. The van der Waals surface area contributed by atoms with Crippen molar-refractivity contribution in [1.82, 2.24) is 19.7 Å². The Morgan fingerprint density at radius 1 is 1.05 bits per heavy atom. The van der Waals surface area contributed by atoms with Crippen molar-refractivity contribution in [2.75, 3.05) is 18.2 Å². The van der Waals surface area contributed by atoms with Gasteiger partial charge in [0.25, 0.3) is 0 Å². The zero-order chi connectivity index (χ0) is 25.8. The van der Waals surface area contributed by atoms with Crippen molar-refractivity contribution in [1.29, 1.82) is 0 Å². The fourth-order valence-corrected chi connectivity index (χ4v) is 5.92. The maximum absolute atomic E-state index is 12.7. The number of fused-ring (bicyclic) bond motifs is 1. The SMILES string of the molecule is CCn1c(Cc2cccc3ccccc23)nnc1SCC(=O)Nc1nc(-c2ccc(OC)cc2)c(C)s1. The third kappa shape index (κ3) is 5.52. The maximum atomic E-state index is 12.7. The summed E-state index contributed by atoms with van der Waals surface area (Å²) in [5.41, 5.74) is 3.06. The van der Waals surface area contributed by atoms with Gasteiger partial charge in [-0.2, -0.15) is 0 Å². The number of rotatable bonds is 9.